The highest BCUT2D eigenvalue weighted by molar-refractivity contribution is 5.98. The van der Waals surface area contributed by atoms with Crippen molar-refractivity contribution in [2.45, 2.75) is 64.3 Å². The molecule has 0 aromatic carbocycles. The standard InChI is InChI=1S/C17H30N2O5/c1-2-3-4-5-6-7-9-19(10-11-20)16(22)13-15(21)18-14-8-12-24-17(14)23/h14,20H,2-13H2,1H3,(H,18,21)/t14-/m0/s1. The van der Waals surface area contributed by atoms with Gasteiger partial charge in [-0.15, -0.1) is 0 Å². The topological polar surface area (TPSA) is 95.9 Å². The maximum atomic E-state index is 12.2. The van der Waals surface area contributed by atoms with Crippen LogP contribution in [-0.4, -0.2) is 60.1 Å². The van der Waals surface area contributed by atoms with Crippen molar-refractivity contribution in [1.29, 1.82) is 0 Å². The zero-order chi connectivity index (χ0) is 17.8. The summed E-state index contributed by atoms with van der Waals surface area (Å²) in [6.07, 6.45) is 6.79. The van der Waals surface area contributed by atoms with Gasteiger partial charge in [-0.3, -0.25) is 9.59 Å². The second-order valence-corrected chi connectivity index (χ2v) is 6.13. The van der Waals surface area contributed by atoms with E-state index in [1.165, 1.54) is 24.2 Å². The van der Waals surface area contributed by atoms with Crippen LogP contribution in [-0.2, 0) is 19.1 Å². The molecule has 7 heteroatoms. The van der Waals surface area contributed by atoms with Crippen molar-refractivity contribution in [3.63, 3.8) is 0 Å². The summed E-state index contributed by atoms with van der Waals surface area (Å²) < 4.78 is 4.77. The predicted octanol–water partition coefficient (Wildman–Crippen LogP) is 0.990. The number of cyclic esters (lactones) is 1. The third-order valence-electron chi connectivity index (χ3n) is 4.09. The maximum Gasteiger partial charge on any atom is 0.328 e. The van der Waals surface area contributed by atoms with Crippen molar-refractivity contribution in [3.05, 3.63) is 0 Å². The quantitative estimate of drug-likeness (QED) is 0.313. The van der Waals surface area contributed by atoms with E-state index in [2.05, 4.69) is 12.2 Å². The lowest BCUT2D eigenvalue weighted by Crippen LogP contribution is -2.42. The van der Waals surface area contributed by atoms with Gasteiger partial charge in [0.25, 0.3) is 0 Å². The molecule has 0 aliphatic carbocycles. The number of ether oxygens (including phenoxy) is 1. The maximum absolute atomic E-state index is 12.2. The van der Waals surface area contributed by atoms with Crippen LogP contribution in [0.1, 0.15) is 58.3 Å². The van der Waals surface area contributed by atoms with Gasteiger partial charge in [-0.25, -0.2) is 4.79 Å². The molecule has 0 unspecified atom stereocenters. The summed E-state index contributed by atoms with van der Waals surface area (Å²) in [5.41, 5.74) is 0. The second-order valence-electron chi connectivity index (χ2n) is 6.13. The highest BCUT2D eigenvalue weighted by Gasteiger charge is 2.28. The number of amides is 2. The number of aliphatic hydroxyl groups is 1. The van der Waals surface area contributed by atoms with Crippen LogP contribution in [0.4, 0.5) is 0 Å². The fourth-order valence-corrected chi connectivity index (χ4v) is 2.69. The first-order chi connectivity index (χ1) is 11.6. The molecule has 0 radical (unpaired) electrons. The number of nitrogens with one attached hydrogen (secondary N) is 1. The van der Waals surface area contributed by atoms with Crippen LogP contribution >= 0.6 is 0 Å². The van der Waals surface area contributed by atoms with E-state index in [9.17, 15) is 14.4 Å². The number of esters is 1. The van der Waals surface area contributed by atoms with Crippen molar-refractivity contribution >= 4 is 17.8 Å². The van der Waals surface area contributed by atoms with Crippen LogP contribution < -0.4 is 5.32 Å². The summed E-state index contributed by atoms with van der Waals surface area (Å²) in [5.74, 6) is -1.24. The molecule has 0 aromatic heterocycles. The van der Waals surface area contributed by atoms with Gasteiger partial charge in [0.15, 0.2) is 0 Å². The Kier molecular flexibility index (Phi) is 10.1. The molecule has 2 N–H and O–H groups in total. The molecule has 1 rings (SSSR count). The van der Waals surface area contributed by atoms with Crippen LogP contribution in [0.25, 0.3) is 0 Å². The zero-order valence-corrected chi connectivity index (χ0v) is 14.6. The van der Waals surface area contributed by atoms with Crippen LogP contribution in [0, 0.1) is 0 Å². The molecule has 0 bridgehead atoms. The molecule has 24 heavy (non-hydrogen) atoms. The number of aliphatic hydroxyl groups excluding tert-OH is 1. The number of hydrogen-bond acceptors (Lipinski definition) is 5. The zero-order valence-electron chi connectivity index (χ0n) is 14.6. The third kappa shape index (κ3) is 7.77. The first kappa shape index (κ1) is 20.4. The van der Waals surface area contributed by atoms with Gasteiger partial charge in [-0.2, -0.15) is 0 Å². The highest BCUT2D eigenvalue weighted by atomic mass is 16.5. The number of carbonyl (C=O) groups excluding carboxylic acids is 3. The molecule has 1 aliphatic rings. The molecular weight excluding hydrogens is 312 g/mol. The molecule has 7 nitrogen and oxygen atoms in total. The average Bonchev–Trinajstić information content (AvgIpc) is 2.94. The van der Waals surface area contributed by atoms with Gasteiger partial charge in [0.2, 0.25) is 11.8 Å². The minimum absolute atomic E-state index is 0.127. The van der Waals surface area contributed by atoms with Gasteiger partial charge in [0.05, 0.1) is 13.2 Å². The van der Waals surface area contributed by atoms with Gasteiger partial charge in [-0.05, 0) is 6.42 Å². The van der Waals surface area contributed by atoms with Crippen LogP contribution in [0.15, 0.2) is 0 Å². The monoisotopic (exact) mass is 342 g/mol. The van der Waals surface area contributed by atoms with Gasteiger partial charge in [0, 0.05) is 19.5 Å². The Morgan fingerprint density at radius 2 is 1.92 bits per heavy atom. The number of carbonyl (C=O) groups is 3. The summed E-state index contributed by atoms with van der Waals surface area (Å²) in [6.45, 7) is 3.11. The number of nitrogens with zero attached hydrogens (tertiary/aromatic N) is 1. The van der Waals surface area contributed by atoms with Gasteiger partial charge in [-0.1, -0.05) is 39.0 Å². The van der Waals surface area contributed by atoms with E-state index in [4.69, 9.17) is 9.84 Å². The number of hydrogen-bond donors (Lipinski definition) is 2. The lowest BCUT2D eigenvalue weighted by molar-refractivity contribution is -0.143. The summed E-state index contributed by atoms with van der Waals surface area (Å²) in [6, 6.07) is -0.643. The summed E-state index contributed by atoms with van der Waals surface area (Å²) >= 11 is 0. The molecule has 2 amide bonds. The minimum Gasteiger partial charge on any atom is -0.464 e. The fourth-order valence-electron chi connectivity index (χ4n) is 2.69. The summed E-state index contributed by atoms with van der Waals surface area (Å²) in [7, 11) is 0. The van der Waals surface area contributed by atoms with Gasteiger partial charge >= 0.3 is 5.97 Å². The number of rotatable bonds is 12. The molecule has 1 heterocycles. The van der Waals surface area contributed by atoms with E-state index in [0.29, 0.717) is 19.6 Å². The van der Waals surface area contributed by atoms with E-state index < -0.39 is 17.9 Å². The fraction of sp³-hybridized carbons (Fsp3) is 0.824. The molecular formula is C17H30N2O5. The largest absolute Gasteiger partial charge is 0.464 e. The Balaban J connectivity index is 2.30. The van der Waals surface area contributed by atoms with E-state index >= 15 is 0 Å². The van der Waals surface area contributed by atoms with Crippen molar-refractivity contribution < 1.29 is 24.2 Å². The Bertz CT molecular complexity index is 414. The molecule has 1 fully saturated rings. The highest BCUT2D eigenvalue weighted by Crippen LogP contribution is 2.08. The molecule has 1 atom stereocenters. The van der Waals surface area contributed by atoms with Crippen molar-refractivity contribution in [3.8, 4) is 0 Å². The van der Waals surface area contributed by atoms with Gasteiger partial charge in [0.1, 0.15) is 12.5 Å². The molecule has 0 spiro atoms. The van der Waals surface area contributed by atoms with Gasteiger partial charge < -0.3 is 20.1 Å². The smallest absolute Gasteiger partial charge is 0.328 e. The average molecular weight is 342 g/mol. The molecule has 138 valence electrons. The first-order valence-electron chi connectivity index (χ1n) is 8.93. The SMILES string of the molecule is CCCCCCCCN(CCO)C(=O)CC(=O)N[C@H]1CCOC1=O. The normalized spacial score (nSPS) is 16.8. The minimum atomic E-state index is -0.643. The molecule has 1 saturated heterocycles. The van der Waals surface area contributed by atoms with E-state index in [1.54, 1.807) is 0 Å². The lowest BCUT2D eigenvalue weighted by atomic mass is 10.1. The van der Waals surface area contributed by atoms with E-state index in [-0.39, 0.29) is 25.5 Å². The lowest BCUT2D eigenvalue weighted by Gasteiger charge is -2.22. The molecule has 1 aliphatic heterocycles. The molecule has 0 saturated carbocycles. The molecule has 0 aromatic rings. The Hall–Kier alpha value is -1.63. The van der Waals surface area contributed by atoms with Crippen LogP contribution in [0.3, 0.4) is 0 Å². The first-order valence-corrected chi connectivity index (χ1v) is 8.93. The number of unbranched alkanes of at least 4 members (excludes halogenated alkanes) is 5. The third-order valence-corrected chi connectivity index (χ3v) is 4.09. The Labute approximate surface area is 143 Å². The van der Waals surface area contributed by atoms with Crippen molar-refractivity contribution in [1.82, 2.24) is 10.2 Å². The van der Waals surface area contributed by atoms with Crippen molar-refractivity contribution in [2.75, 3.05) is 26.3 Å². The predicted molar refractivity (Wildman–Crippen MR) is 89.2 cm³/mol. The van der Waals surface area contributed by atoms with Crippen LogP contribution in [0.5, 0.6) is 0 Å². The van der Waals surface area contributed by atoms with Crippen LogP contribution in [0.2, 0.25) is 0 Å². The van der Waals surface area contributed by atoms with E-state index in [1.807, 2.05) is 0 Å². The Morgan fingerprint density at radius 1 is 1.21 bits per heavy atom. The second kappa shape index (κ2) is 11.8. The van der Waals surface area contributed by atoms with E-state index in [0.717, 1.165) is 19.3 Å². The van der Waals surface area contributed by atoms with Crippen molar-refractivity contribution in [2.24, 2.45) is 0 Å². The summed E-state index contributed by atoms with van der Waals surface area (Å²) in [5, 5.41) is 11.6. The Morgan fingerprint density at radius 3 is 2.54 bits per heavy atom. The summed E-state index contributed by atoms with van der Waals surface area (Å²) in [4.78, 5) is 36.9.